The average Bonchev–Trinajstić information content (AvgIpc) is 3.11. The molecule has 0 fully saturated rings. The van der Waals surface area contributed by atoms with Crippen LogP contribution >= 0.6 is 7.92 Å². The highest BCUT2D eigenvalue weighted by Crippen LogP contribution is 2.46. The van der Waals surface area contributed by atoms with Gasteiger partial charge in [-0.15, -0.1) is 0 Å². The molecule has 0 saturated heterocycles. The highest BCUT2D eigenvalue weighted by atomic mass is 31.1. The quantitative estimate of drug-likeness (QED) is 0.784. The van der Waals surface area contributed by atoms with Crippen molar-refractivity contribution in [1.82, 2.24) is 0 Å². The Kier molecular flexibility index (Phi) is 5.98. The maximum atomic E-state index is 9.03. The fourth-order valence-electron chi connectivity index (χ4n) is 3.07. The Morgan fingerprint density at radius 2 is 1.58 bits per heavy atom. The van der Waals surface area contributed by atoms with Crippen molar-refractivity contribution >= 4 is 18.5 Å². The van der Waals surface area contributed by atoms with E-state index in [1.165, 1.54) is 16.2 Å². The van der Waals surface area contributed by atoms with Crippen LogP contribution in [0.5, 0.6) is 0 Å². The fourth-order valence-corrected chi connectivity index (χ4v) is 5.86. The largest absolute Gasteiger partial charge is 0.394 e. The first-order valence-electron chi connectivity index (χ1n) is 8.31. The topological polar surface area (TPSA) is 29.5 Å². The fraction of sp³-hybridized carbons (Fsp3) is 0.238. The van der Waals surface area contributed by atoms with Gasteiger partial charge < -0.3 is 9.84 Å². The Labute approximate surface area is 145 Å². The van der Waals surface area contributed by atoms with Gasteiger partial charge in [0.1, 0.15) is 0 Å². The lowest BCUT2D eigenvalue weighted by molar-refractivity contribution is 0.0578. The summed E-state index contributed by atoms with van der Waals surface area (Å²) < 4.78 is 5.78. The zero-order chi connectivity index (χ0) is 16.8. The Hall–Kier alpha value is -1.73. The molecule has 2 aromatic rings. The van der Waals surface area contributed by atoms with E-state index in [4.69, 9.17) is 9.84 Å². The van der Waals surface area contributed by atoms with E-state index in [0.717, 1.165) is 0 Å². The molecular weight excluding hydrogens is 315 g/mol. The minimum absolute atomic E-state index is 0.00887. The van der Waals surface area contributed by atoms with Crippen molar-refractivity contribution in [2.75, 3.05) is 13.2 Å². The van der Waals surface area contributed by atoms with Crippen molar-refractivity contribution in [2.24, 2.45) is 0 Å². The van der Waals surface area contributed by atoms with Gasteiger partial charge in [0.2, 0.25) is 0 Å². The van der Waals surface area contributed by atoms with Crippen molar-refractivity contribution < 1.29 is 9.84 Å². The molecule has 0 aromatic heterocycles. The monoisotopic (exact) mass is 338 g/mol. The zero-order valence-electron chi connectivity index (χ0n) is 13.9. The molecule has 2 atom stereocenters. The molecule has 0 radical (unpaired) electrons. The van der Waals surface area contributed by atoms with Gasteiger partial charge >= 0.3 is 0 Å². The number of allylic oxidation sites excluding steroid dienone is 3. The van der Waals surface area contributed by atoms with Crippen LogP contribution in [0.1, 0.15) is 6.92 Å². The van der Waals surface area contributed by atoms with E-state index in [0.29, 0.717) is 12.3 Å². The van der Waals surface area contributed by atoms with E-state index >= 15 is 0 Å². The van der Waals surface area contributed by atoms with Gasteiger partial charge in [-0.05, 0) is 31.0 Å². The number of aliphatic hydroxyl groups is 1. The standard InChI is InChI=1S/C21H23O2P/c1-17(23-16-15-22)20-13-8-14-21(20)24(18-9-4-2-5-10-18)19-11-6-3-7-12-19/h2-14,17,21-22H,15-16H2,1H3/t17?,21-/m0/s1. The molecule has 3 rings (SSSR count). The van der Waals surface area contributed by atoms with Crippen LogP contribution in [0, 0.1) is 0 Å². The van der Waals surface area contributed by atoms with E-state index < -0.39 is 7.92 Å². The molecule has 3 heteroatoms. The third kappa shape index (κ3) is 3.84. The molecule has 2 nitrogen and oxygen atoms in total. The molecule has 0 amide bonds. The summed E-state index contributed by atoms with van der Waals surface area (Å²) in [5, 5.41) is 11.8. The van der Waals surface area contributed by atoms with E-state index in [1.54, 1.807) is 0 Å². The second kappa shape index (κ2) is 8.39. The maximum absolute atomic E-state index is 9.03. The molecule has 24 heavy (non-hydrogen) atoms. The van der Waals surface area contributed by atoms with Crippen molar-refractivity contribution in [1.29, 1.82) is 0 Å². The predicted molar refractivity (Wildman–Crippen MR) is 103 cm³/mol. The van der Waals surface area contributed by atoms with Crippen molar-refractivity contribution in [2.45, 2.75) is 18.7 Å². The van der Waals surface area contributed by atoms with Crippen LogP contribution in [0.25, 0.3) is 0 Å². The molecule has 2 aromatic carbocycles. The first-order valence-corrected chi connectivity index (χ1v) is 9.72. The highest BCUT2D eigenvalue weighted by molar-refractivity contribution is 7.74. The molecule has 1 aliphatic rings. The van der Waals surface area contributed by atoms with E-state index in [9.17, 15) is 0 Å². The molecule has 0 aliphatic heterocycles. The second-order valence-electron chi connectivity index (χ2n) is 5.77. The maximum Gasteiger partial charge on any atom is 0.0770 e. The lowest BCUT2D eigenvalue weighted by Gasteiger charge is -2.29. The van der Waals surface area contributed by atoms with Gasteiger partial charge in [-0.3, -0.25) is 0 Å². The number of aliphatic hydroxyl groups excluding tert-OH is 1. The minimum Gasteiger partial charge on any atom is -0.394 e. The molecule has 124 valence electrons. The Balaban J connectivity index is 1.94. The second-order valence-corrected chi connectivity index (χ2v) is 8.10. The Morgan fingerprint density at radius 3 is 2.12 bits per heavy atom. The van der Waals surface area contributed by atoms with Crippen LogP contribution in [0.15, 0.2) is 84.5 Å². The number of ether oxygens (including phenoxy) is 1. The summed E-state index contributed by atoms with van der Waals surface area (Å²) in [5.41, 5.74) is 1.63. The molecule has 1 aliphatic carbocycles. The van der Waals surface area contributed by atoms with Gasteiger partial charge in [0, 0.05) is 5.66 Å². The summed E-state index contributed by atoms with van der Waals surface area (Å²) in [7, 11) is -0.536. The van der Waals surface area contributed by atoms with Crippen LogP contribution < -0.4 is 10.6 Å². The van der Waals surface area contributed by atoms with E-state index in [2.05, 4.69) is 85.8 Å². The third-order valence-electron chi connectivity index (χ3n) is 4.20. The Bertz CT molecular complexity index is 655. The molecular formula is C21H23O2P. The predicted octanol–water partition coefficient (Wildman–Crippen LogP) is 3.38. The summed E-state index contributed by atoms with van der Waals surface area (Å²) in [4.78, 5) is 0. The Morgan fingerprint density at radius 1 is 1.00 bits per heavy atom. The van der Waals surface area contributed by atoms with Crippen LogP contribution in [0.2, 0.25) is 0 Å². The molecule has 0 spiro atoms. The van der Waals surface area contributed by atoms with Crippen molar-refractivity contribution in [3.63, 3.8) is 0 Å². The number of hydrogen-bond donors (Lipinski definition) is 1. The first kappa shape index (κ1) is 17.1. The molecule has 0 saturated carbocycles. The van der Waals surface area contributed by atoms with Gasteiger partial charge in [-0.2, -0.15) is 0 Å². The molecule has 0 heterocycles. The number of hydrogen-bond acceptors (Lipinski definition) is 2. The van der Waals surface area contributed by atoms with Crippen molar-refractivity contribution in [3.8, 4) is 0 Å². The summed E-state index contributed by atoms with van der Waals surface area (Å²) in [5.74, 6) is 0. The SMILES string of the molecule is CC(OCCO)C1=CC=C[C@@H]1P(c1ccccc1)c1ccccc1. The van der Waals surface area contributed by atoms with Crippen LogP contribution in [0.3, 0.4) is 0 Å². The lowest BCUT2D eigenvalue weighted by atomic mass is 10.1. The summed E-state index contributed by atoms with van der Waals surface area (Å²) in [6.45, 7) is 2.51. The van der Waals surface area contributed by atoms with Crippen LogP contribution in [0.4, 0.5) is 0 Å². The van der Waals surface area contributed by atoms with Gasteiger partial charge in [0.15, 0.2) is 0 Å². The molecule has 1 N–H and O–H groups in total. The smallest absolute Gasteiger partial charge is 0.0770 e. The van der Waals surface area contributed by atoms with E-state index in [1.807, 2.05) is 0 Å². The zero-order valence-corrected chi connectivity index (χ0v) is 14.8. The number of rotatable bonds is 7. The van der Waals surface area contributed by atoms with Crippen molar-refractivity contribution in [3.05, 3.63) is 84.5 Å². The highest BCUT2D eigenvalue weighted by Gasteiger charge is 2.30. The molecule has 0 bridgehead atoms. The average molecular weight is 338 g/mol. The summed E-state index contributed by atoms with van der Waals surface area (Å²) in [6.07, 6.45) is 6.61. The van der Waals surface area contributed by atoms with E-state index in [-0.39, 0.29) is 12.7 Å². The van der Waals surface area contributed by atoms with Crippen LogP contribution in [-0.2, 0) is 4.74 Å². The summed E-state index contributed by atoms with van der Waals surface area (Å²) >= 11 is 0. The first-order chi connectivity index (χ1) is 11.8. The minimum atomic E-state index is -0.536. The van der Waals surface area contributed by atoms with Gasteiger partial charge in [-0.1, -0.05) is 78.9 Å². The normalized spacial score (nSPS) is 18.0. The van der Waals surface area contributed by atoms with Gasteiger partial charge in [0.05, 0.1) is 19.3 Å². The van der Waals surface area contributed by atoms with Crippen LogP contribution in [-0.4, -0.2) is 30.1 Å². The number of benzene rings is 2. The van der Waals surface area contributed by atoms with Gasteiger partial charge in [-0.25, -0.2) is 0 Å². The third-order valence-corrected chi connectivity index (χ3v) is 6.93. The lowest BCUT2D eigenvalue weighted by Crippen LogP contribution is -2.26. The molecule has 1 unspecified atom stereocenters. The summed E-state index contributed by atoms with van der Waals surface area (Å²) in [6, 6.07) is 21.5. The van der Waals surface area contributed by atoms with Gasteiger partial charge in [0.25, 0.3) is 0 Å².